The standard InChI is InChI=1S/C13H12F3NO2/c14-13(15,16)11-8-9(4-5-10(11)12(18)19)17-6-2-1-3-7-17/h1-2,4-5,8H,3,6-7H2,(H,18,19). The number of benzene rings is 1. The van der Waals surface area contributed by atoms with E-state index >= 15 is 0 Å². The smallest absolute Gasteiger partial charge is 0.417 e. The van der Waals surface area contributed by atoms with E-state index in [1.165, 1.54) is 6.07 Å². The van der Waals surface area contributed by atoms with Crippen LogP contribution in [0.5, 0.6) is 0 Å². The van der Waals surface area contributed by atoms with Crippen molar-refractivity contribution in [1.29, 1.82) is 0 Å². The van der Waals surface area contributed by atoms with Gasteiger partial charge in [-0.3, -0.25) is 0 Å². The fourth-order valence-corrected chi connectivity index (χ4v) is 2.03. The molecule has 1 heterocycles. The monoisotopic (exact) mass is 271 g/mol. The number of hydrogen-bond acceptors (Lipinski definition) is 2. The first kappa shape index (κ1) is 13.5. The Kier molecular flexibility index (Phi) is 3.50. The lowest BCUT2D eigenvalue weighted by Crippen LogP contribution is -2.27. The number of halogens is 3. The number of anilines is 1. The molecule has 0 unspecified atom stereocenters. The Hall–Kier alpha value is -1.98. The largest absolute Gasteiger partial charge is 0.478 e. The zero-order chi connectivity index (χ0) is 14.0. The first-order chi connectivity index (χ1) is 8.89. The second-order valence-corrected chi connectivity index (χ2v) is 4.24. The number of carboxylic acids is 1. The number of aromatic carboxylic acids is 1. The van der Waals surface area contributed by atoms with Gasteiger partial charge in [-0.1, -0.05) is 12.2 Å². The van der Waals surface area contributed by atoms with Crippen molar-refractivity contribution in [2.45, 2.75) is 12.6 Å². The molecular formula is C13H12F3NO2. The van der Waals surface area contributed by atoms with Crippen LogP contribution in [0.1, 0.15) is 22.3 Å². The maximum absolute atomic E-state index is 12.9. The van der Waals surface area contributed by atoms with E-state index < -0.39 is 23.3 Å². The molecule has 0 aromatic heterocycles. The van der Waals surface area contributed by atoms with E-state index in [-0.39, 0.29) is 0 Å². The van der Waals surface area contributed by atoms with E-state index in [9.17, 15) is 18.0 Å². The molecule has 3 nitrogen and oxygen atoms in total. The van der Waals surface area contributed by atoms with Crippen LogP contribution in [0.4, 0.5) is 18.9 Å². The van der Waals surface area contributed by atoms with Gasteiger partial charge in [0, 0.05) is 18.8 Å². The molecule has 1 aliphatic heterocycles. The van der Waals surface area contributed by atoms with Gasteiger partial charge in [0.15, 0.2) is 0 Å². The number of carbonyl (C=O) groups is 1. The van der Waals surface area contributed by atoms with Crippen LogP contribution < -0.4 is 4.90 Å². The Morgan fingerprint density at radius 2 is 2.00 bits per heavy atom. The molecule has 102 valence electrons. The maximum Gasteiger partial charge on any atom is 0.417 e. The fraction of sp³-hybridized carbons (Fsp3) is 0.308. The van der Waals surface area contributed by atoms with Crippen molar-refractivity contribution < 1.29 is 23.1 Å². The molecule has 1 aromatic carbocycles. The predicted molar refractivity (Wildman–Crippen MR) is 64.4 cm³/mol. The zero-order valence-electron chi connectivity index (χ0n) is 9.94. The summed E-state index contributed by atoms with van der Waals surface area (Å²) in [6.07, 6.45) is -0.0634. The number of carboxylic acid groups (broad SMARTS) is 1. The van der Waals surface area contributed by atoms with Crippen molar-refractivity contribution in [3.63, 3.8) is 0 Å². The maximum atomic E-state index is 12.9. The minimum atomic E-state index is -4.67. The number of rotatable bonds is 2. The zero-order valence-corrected chi connectivity index (χ0v) is 9.94. The lowest BCUT2D eigenvalue weighted by Gasteiger charge is -2.26. The highest BCUT2D eigenvalue weighted by atomic mass is 19.4. The lowest BCUT2D eigenvalue weighted by atomic mass is 10.0. The Morgan fingerprint density at radius 3 is 2.53 bits per heavy atom. The van der Waals surface area contributed by atoms with Gasteiger partial charge in [0.05, 0.1) is 11.1 Å². The second kappa shape index (κ2) is 4.95. The van der Waals surface area contributed by atoms with Crippen LogP contribution in [0.15, 0.2) is 30.4 Å². The SMILES string of the molecule is O=C(O)c1ccc(N2CC=CCC2)cc1C(F)(F)F. The van der Waals surface area contributed by atoms with Crippen LogP contribution in [-0.2, 0) is 6.18 Å². The molecular weight excluding hydrogens is 259 g/mol. The molecule has 0 bridgehead atoms. The van der Waals surface area contributed by atoms with Gasteiger partial charge in [-0.15, -0.1) is 0 Å². The van der Waals surface area contributed by atoms with Gasteiger partial charge in [0.1, 0.15) is 0 Å². The summed E-state index contributed by atoms with van der Waals surface area (Å²) < 4.78 is 38.6. The van der Waals surface area contributed by atoms with E-state index in [2.05, 4.69) is 0 Å². The number of alkyl halides is 3. The lowest BCUT2D eigenvalue weighted by molar-refractivity contribution is -0.138. The number of nitrogens with zero attached hydrogens (tertiary/aromatic N) is 1. The van der Waals surface area contributed by atoms with E-state index in [1.807, 2.05) is 12.2 Å². The molecule has 0 fully saturated rings. The van der Waals surface area contributed by atoms with Gasteiger partial charge in [0.2, 0.25) is 0 Å². The van der Waals surface area contributed by atoms with Crippen LogP contribution in [-0.4, -0.2) is 24.2 Å². The summed E-state index contributed by atoms with van der Waals surface area (Å²) in [7, 11) is 0. The highest BCUT2D eigenvalue weighted by Crippen LogP contribution is 2.35. The minimum Gasteiger partial charge on any atom is -0.478 e. The Labute approximate surface area is 108 Å². The Morgan fingerprint density at radius 1 is 1.26 bits per heavy atom. The van der Waals surface area contributed by atoms with E-state index in [4.69, 9.17) is 5.11 Å². The third kappa shape index (κ3) is 2.89. The average Bonchev–Trinajstić information content (AvgIpc) is 2.38. The molecule has 1 aliphatic rings. The van der Waals surface area contributed by atoms with Gasteiger partial charge in [-0.05, 0) is 24.6 Å². The Bertz CT molecular complexity index is 523. The highest BCUT2D eigenvalue weighted by molar-refractivity contribution is 5.90. The van der Waals surface area contributed by atoms with Crippen LogP contribution in [0.3, 0.4) is 0 Å². The first-order valence-corrected chi connectivity index (χ1v) is 5.74. The van der Waals surface area contributed by atoms with Crippen molar-refractivity contribution >= 4 is 11.7 Å². The quantitative estimate of drug-likeness (QED) is 0.840. The Balaban J connectivity index is 2.43. The molecule has 0 amide bonds. The summed E-state index contributed by atoms with van der Waals surface area (Å²) in [5, 5.41) is 8.81. The molecule has 0 saturated carbocycles. The predicted octanol–water partition coefficient (Wildman–Crippen LogP) is 3.17. The normalized spacial score (nSPS) is 15.6. The van der Waals surface area contributed by atoms with Crippen LogP contribution in [0.2, 0.25) is 0 Å². The van der Waals surface area contributed by atoms with Gasteiger partial charge >= 0.3 is 12.1 Å². The van der Waals surface area contributed by atoms with Crippen molar-refractivity contribution in [3.8, 4) is 0 Å². The van der Waals surface area contributed by atoms with E-state index in [1.54, 1.807) is 4.90 Å². The summed E-state index contributed by atoms with van der Waals surface area (Å²) in [4.78, 5) is 12.6. The molecule has 0 radical (unpaired) electrons. The third-order valence-electron chi connectivity index (χ3n) is 2.96. The summed E-state index contributed by atoms with van der Waals surface area (Å²) >= 11 is 0. The highest BCUT2D eigenvalue weighted by Gasteiger charge is 2.35. The fourth-order valence-electron chi connectivity index (χ4n) is 2.03. The molecule has 1 aromatic rings. The summed E-state index contributed by atoms with van der Waals surface area (Å²) in [5.74, 6) is -1.57. The van der Waals surface area contributed by atoms with Crippen LogP contribution >= 0.6 is 0 Å². The molecule has 0 spiro atoms. The molecule has 19 heavy (non-hydrogen) atoms. The summed E-state index contributed by atoms with van der Waals surface area (Å²) in [5.41, 5.74) is -1.43. The van der Waals surface area contributed by atoms with E-state index in [0.29, 0.717) is 18.8 Å². The molecule has 0 saturated heterocycles. The average molecular weight is 271 g/mol. The molecule has 6 heteroatoms. The number of hydrogen-bond donors (Lipinski definition) is 1. The van der Waals surface area contributed by atoms with E-state index in [0.717, 1.165) is 18.6 Å². The van der Waals surface area contributed by atoms with Crippen molar-refractivity contribution in [3.05, 3.63) is 41.5 Å². The summed E-state index contributed by atoms with van der Waals surface area (Å²) in [6, 6.07) is 3.33. The summed E-state index contributed by atoms with van der Waals surface area (Å²) in [6.45, 7) is 1.16. The molecule has 2 rings (SSSR count). The second-order valence-electron chi connectivity index (χ2n) is 4.24. The van der Waals surface area contributed by atoms with Crippen LogP contribution in [0.25, 0.3) is 0 Å². The van der Waals surface area contributed by atoms with Crippen LogP contribution in [0, 0.1) is 0 Å². The van der Waals surface area contributed by atoms with Crippen molar-refractivity contribution in [2.24, 2.45) is 0 Å². The van der Waals surface area contributed by atoms with Crippen molar-refractivity contribution in [1.82, 2.24) is 0 Å². The minimum absolute atomic E-state index is 0.390. The topological polar surface area (TPSA) is 40.5 Å². The first-order valence-electron chi connectivity index (χ1n) is 5.74. The third-order valence-corrected chi connectivity index (χ3v) is 2.96. The van der Waals surface area contributed by atoms with Gasteiger partial charge < -0.3 is 10.0 Å². The molecule has 0 aliphatic carbocycles. The van der Waals surface area contributed by atoms with Gasteiger partial charge in [-0.2, -0.15) is 13.2 Å². The molecule has 1 N–H and O–H groups in total. The van der Waals surface area contributed by atoms with Crippen molar-refractivity contribution in [2.75, 3.05) is 18.0 Å². The molecule has 0 atom stereocenters. The van der Waals surface area contributed by atoms with Gasteiger partial charge in [-0.25, -0.2) is 4.79 Å². The van der Waals surface area contributed by atoms with Gasteiger partial charge in [0.25, 0.3) is 0 Å².